The number of carbonyl (C=O) groups excluding carboxylic acids is 1. The van der Waals surface area contributed by atoms with Crippen LogP contribution in [0.1, 0.15) is 50.4 Å². The van der Waals surface area contributed by atoms with Crippen LogP contribution in [-0.4, -0.2) is 55.1 Å². The van der Waals surface area contributed by atoms with Crippen LogP contribution in [0, 0.1) is 11.3 Å². The number of anilines is 1. The highest BCUT2D eigenvalue weighted by Crippen LogP contribution is 2.35. The smallest absolute Gasteiger partial charge is 0.252 e. The van der Waals surface area contributed by atoms with E-state index >= 15 is 0 Å². The van der Waals surface area contributed by atoms with Gasteiger partial charge in [-0.05, 0) is 49.3 Å². The van der Waals surface area contributed by atoms with Crippen molar-refractivity contribution >= 4 is 11.7 Å². The molecule has 25 heavy (non-hydrogen) atoms. The van der Waals surface area contributed by atoms with Crippen LogP contribution >= 0.6 is 0 Å². The van der Waals surface area contributed by atoms with Crippen LogP contribution in [0.3, 0.4) is 0 Å². The molecular weight excluding hydrogens is 312 g/mol. The molecule has 1 atom stereocenters. The molecule has 3 heterocycles. The monoisotopic (exact) mass is 344 g/mol. The lowest BCUT2D eigenvalue weighted by atomic mass is 9.80. The molecule has 138 valence electrons. The molecule has 2 aliphatic rings. The summed E-state index contributed by atoms with van der Waals surface area (Å²) in [7, 11) is 1.64. The number of amides is 1. The van der Waals surface area contributed by atoms with Crippen molar-refractivity contribution in [3.05, 3.63) is 23.9 Å². The quantitative estimate of drug-likeness (QED) is 0.916. The van der Waals surface area contributed by atoms with Gasteiger partial charge in [0.05, 0.1) is 5.56 Å². The summed E-state index contributed by atoms with van der Waals surface area (Å²) in [6.45, 7) is 11.7. The van der Waals surface area contributed by atoms with Gasteiger partial charge in [0.25, 0.3) is 5.91 Å². The maximum Gasteiger partial charge on any atom is 0.252 e. The largest absolute Gasteiger partial charge is 0.357 e. The second-order valence-corrected chi connectivity index (χ2v) is 8.55. The summed E-state index contributed by atoms with van der Waals surface area (Å²) < 4.78 is 0. The molecule has 5 heteroatoms. The van der Waals surface area contributed by atoms with Crippen LogP contribution in [0.2, 0.25) is 0 Å². The molecule has 1 amide bonds. The fraction of sp³-hybridized carbons (Fsp3) is 0.700. The summed E-state index contributed by atoms with van der Waals surface area (Å²) in [5.74, 6) is 1.73. The number of hydrogen-bond acceptors (Lipinski definition) is 4. The normalized spacial score (nSPS) is 23.0. The number of hydrogen-bond donors (Lipinski definition) is 1. The molecule has 0 spiro atoms. The summed E-state index contributed by atoms with van der Waals surface area (Å²) >= 11 is 0. The van der Waals surface area contributed by atoms with E-state index in [2.05, 4.69) is 40.9 Å². The van der Waals surface area contributed by atoms with Gasteiger partial charge in [-0.15, -0.1) is 0 Å². The van der Waals surface area contributed by atoms with Crippen molar-refractivity contribution in [3.63, 3.8) is 0 Å². The van der Waals surface area contributed by atoms with Gasteiger partial charge in [0, 0.05) is 38.9 Å². The number of aromatic nitrogens is 1. The highest BCUT2D eigenvalue weighted by Gasteiger charge is 2.35. The maximum absolute atomic E-state index is 11.6. The maximum atomic E-state index is 11.6. The van der Waals surface area contributed by atoms with E-state index in [9.17, 15) is 4.79 Å². The van der Waals surface area contributed by atoms with Gasteiger partial charge in [-0.2, -0.15) is 0 Å². The lowest BCUT2D eigenvalue weighted by molar-refractivity contribution is 0.0963. The third-order valence-corrected chi connectivity index (χ3v) is 5.99. The first-order valence-electron chi connectivity index (χ1n) is 9.55. The van der Waals surface area contributed by atoms with Crippen molar-refractivity contribution in [2.45, 2.75) is 46.1 Å². The van der Waals surface area contributed by atoms with Crippen LogP contribution in [-0.2, 0) is 0 Å². The Balaban J connectivity index is 1.53. The lowest BCUT2D eigenvalue weighted by Crippen LogP contribution is -2.44. The van der Waals surface area contributed by atoms with E-state index in [1.54, 1.807) is 13.2 Å². The minimum absolute atomic E-state index is 0.0832. The molecule has 1 aromatic heterocycles. The van der Waals surface area contributed by atoms with Crippen LogP contribution in [0.5, 0.6) is 0 Å². The molecule has 1 N–H and O–H groups in total. The van der Waals surface area contributed by atoms with E-state index < -0.39 is 0 Å². The standard InChI is InChI=1S/C20H32N4O/c1-20(2,3)16-7-10-24(14-16)17-8-11-23(12-9-17)18-6-5-15(13-22-18)19(25)21-4/h5-6,13,16-17H,7-12,14H2,1-4H3,(H,21,25). The number of pyridine rings is 1. The Morgan fingerprint density at radius 1 is 1.16 bits per heavy atom. The molecule has 3 rings (SSSR count). The molecule has 1 aromatic rings. The number of carbonyl (C=O) groups is 1. The zero-order valence-corrected chi connectivity index (χ0v) is 16.1. The van der Waals surface area contributed by atoms with Gasteiger partial charge in [0.15, 0.2) is 0 Å². The number of rotatable bonds is 3. The average Bonchev–Trinajstić information content (AvgIpc) is 3.12. The molecule has 0 saturated carbocycles. The topological polar surface area (TPSA) is 48.5 Å². The molecular formula is C20H32N4O. The van der Waals surface area contributed by atoms with Gasteiger partial charge in [0.2, 0.25) is 0 Å². The van der Waals surface area contributed by atoms with Gasteiger partial charge in [-0.1, -0.05) is 20.8 Å². The molecule has 0 aliphatic carbocycles. The fourth-order valence-corrected chi connectivity index (χ4v) is 4.14. The Morgan fingerprint density at radius 2 is 1.88 bits per heavy atom. The number of piperidine rings is 1. The van der Waals surface area contributed by atoms with Crippen molar-refractivity contribution < 1.29 is 4.79 Å². The van der Waals surface area contributed by atoms with Crippen molar-refractivity contribution in [2.75, 3.05) is 38.1 Å². The predicted molar refractivity (Wildman–Crippen MR) is 102 cm³/mol. The zero-order chi connectivity index (χ0) is 18.0. The minimum atomic E-state index is -0.0832. The molecule has 0 aromatic carbocycles. The second kappa shape index (κ2) is 7.32. The van der Waals surface area contributed by atoms with Gasteiger partial charge < -0.3 is 10.2 Å². The molecule has 1 unspecified atom stereocenters. The average molecular weight is 345 g/mol. The molecule has 2 fully saturated rings. The highest BCUT2D eigenvalue weighted by molar-refractivity contribution is 5.93. The summed E-state index contributed by atoms with van der Waals surface area (Å²) in [5.41, 5.74) is 1.04. The van der Waals surface area contributed by atoms with Crippen molar-refractivity contribution in [3.8, 4) is 0 Å². The predicted octanol–water partition coefficient (Wildman–Crippen LogP) is 2.78. The Kier molecular flexibility index (Phi) is 5.32. The van der Waals surface area contributed by atoms with Crippen LogP contribution in [0.4, 0.5) is 5.82 Å². The van der Waals surface area contributed by atoms with Crippen LogP contribution in [0.25, 0.3) is 0 Å². The fourth-order valence-electron chi connectivity index (χ4n) is 4.14. The number of nitrogens with one attached hydrogen (secondary N) is 1. The molecule has 5 nitrogen and oxygen atoms in total. The van der Waals surface area contributed by atoms with E-state index in [1.807, 2.05) is 12.1 Å². The zero-order valence-electron chi connectivity index (χ0n) is 16.1. The van der Waals surface area contributed by atoms with Gasteiger partial charge >= 0.3 is 0 Å². The summed E-state index contributed by atoms with van der Waals surface area (Å²) in [6.07, 6.45) is 5.42. The first-order valence-corrected chi connectivity index (χ1v) is 9.55. The van der Waals surface area contributed by atoms with Gasteiger partial charge in [-0.25, -0.2) is 4.98 Å². The first kappa shape index (κ1) is 18.2. The molecule has 2 aliphatic heterocycles. The first-order chi connectivity index (χ1) is 11.9. The summed E-state index contributed by atoms with van der Waals surface area (Å²) in [5, 5.41) is 2.63. The Hall–Kier alpha value is -1.62. The third-order valence-electron chi connectivity index (χ3n) is 5.99. The number of nitrogens with zero attached hydrogens (tertiary/aromatic N) is 3. The van der Waals surface area contributed by atoms with E-state index in [0.29, 0.717) is 17.0 Å². The second-order valence-electron chi connectivity index (χ2n) is 8.55. The lowest BCUT2D eigenvalue weighted by Gasteiger charge is -2.38. The van der Waals surface area contributed by atoms with E-state index in [0.717, 1.165) is 24.8 Å². The SMILES string of the molecule is CNC(=O)c1ccc(N2CCC(N3CCC(C(C)(C)C)C3)CC2)nc1. The van der Waals surface area contributed by atoms with Crippen molar-refractivity contribution in [1.29, 1.82) is 0 Å². The van der Waals surface area contributed by atoms with Gasteiger partial charge in [0.1, 0.15) is 5.82 Å². The minimum Gasteiger partial charge on any atom is -0.357 e. The Bertz CT molecular complexity index is 585. The molecule has 2 saturated heterocycles. The van der Waals surface area contributed by atoms with Crippen LogP contribution < -0.4 is 10.2 Å². The van der Waals surface area contributed by atoms with E-state index in [-0.39, 0.29) is 5.91 Å². The third kappa shape index (κ3) is 4.14. The van der Waals surface area contributed by atoms with Crippen molar-refractivity contribution in [1.82, 2.24) is 15.2 Å². The molecule has 0 radical (unpaired) electrons. The molecule has 0 bridgehead atoms. The summed E-state index contributed by atoms with van der Waals surface area (Å²) in [4.78, 5) is 21.2. The van der Waals surface area contributed by atoms with E-state index in [4.69, 9.17) is 0 Å². The van der Waals surface area contributed by atoms with E-state index in [1.165, 1.54) is 32.4 Å². The van der Waals surface area contributed by atoms with Crippen LogP contribution in [0.15, 0.2) is 18.3 Å². The summed E-state index contributed by atoms with van der Waals surface area (Å²) in [6, 6.07) is 4.55. The Labute approximate surface area is 151 Å². The Morgan fingerprint density at radius 3 is 2.40 bits per heavy atom. The van der Waals surface area contributed by atoms with Crippen molar-refractivity contribution in [2.24, 2.45) is 11.3 Å². The number of likely N-dealkylation sites (tertiary alicyclic amines) is 1. The van der Waals surface area contributed by atoms with Gasteiger partial charge in [-0.3, -0.25) is 9.69 Å². The highest BCUT2D eigenvalue weighted by atomic mass is 16.1.